The molecule has 2 aromatic carbocycles. The highest BCUT2D eigenvalue weighted by atomic mass is 32.2. The van der Waals surface area contributed by atoms with Crippen LogP contribution in [0.15, 0.2) is 42.5 Å². The summed E-state index contributed by atoms with van der Waals surface area (Å²) in [7, 11) is -3.43. The number of benzene rings is 2. The number of sulfonamides is 1. The topological polar surface area (TPSA) is 66.5 Å². The minimum atomic E-state index is -3.43. The lowest BCUT2D eigenvalue weighted by Crippen LogP contribution is -2.29. The summed E-state index contributed by atoms with van der Waals surface area (Å²) in [4.78, 5) is 12.0. The van der Waals surface area contributed by atoms with Gasteiger partial charge in [-0.1, -0.05) is 25.1 Å². The zero-order chi connectivity index (χ0) is 19.3. The Morgan fingerprint density at radius 2 is 1.69 bits per heavy atom. The first-order chi connectivity index (χ1) is 12.2. The van der Waals surface area contributed by atoms with E-state index in [0.29, 0.717) is 17.8 Å². The van der Waals surface area contributed by atoms with E-state index < -0.39 is 10.0 Å². The van der Waals surface area contributed by atoms with Crippen molar-refractivity contribution in [1.82, 2.24) is 5.32 Å². The minimum Gasteiger partial charge on any atom is -0.352 e. The van der Waals surface area contributed by atoms with Gasteiger partial charge in [-0.25, -0.2) is 8.42 Å². The molecule has 26 heavy (non-hydrogen) atoms. The second kappa shape index (κ2) is 8.36. The lowest BCUT2D eigenvalue weighted by atomic mass is 10.1. The molecule has 0 unspecified atom stereocenters. The highest BCUT2D eigenvalue weighted by Gasteiger charge is 2.18. The highest BCUT2D eigenvalue weighted by Crippen LogP contribution is 2.23. The molecular formula is C20H26N2O3S. The number of carbonyl (C=O) groups is 1. The number of hydrogen-bond donors (Lipinski definition) is 1. The number of rotatable bonds is 7. The number of amides is 1. The normalized spacial score (nSPS) is 11.2. The van der Waals surface area contributed by atoms with Crippen LogP contribution in [-0.2, 0) is 16.6 Å². The Kier molecular flexibility index (Phi) is 6.42. The summed E-state index contributed by atoms with van der Waals surface area (Å²) in [5.74, 6) is -0.118. The van der Waals surface area contributed by atoms with Crippen LogP contribution in [0, 0.1) is 13.8 Å². The fourth-order valence-corrected chi connectivity index (χ4v) is 3.43. The first kappa shape index (κ1) is 20.0. The van der Waals surface area contributed by atoms with Crippen LogP contribution in [0.1, 0.15) is 40.4 Å². The second-order valence-corrected chi connectivity index (χ2v) is 8.40. The van der Waals surface area contributed by atoms with Gasteiger partial charge >= 0.3 is 0 Å². The Balaban J connectivity index is 2.24. The van der Waals surface area contributed by atoms with Crippen molar-refractivity contribution in [3.63, 3.8) is 0 Å². The summed E-state index contributed by atoms with van der Waals surface area (Å²) in [5.41, 5.74) is 4.18. The molecule has 5 nitrogen and oxygen atoms in total. The SMILES string of the molecule is CCCNC(=O)c1ccc(CN(c2ccc(C)c(C)c2)S(C)(=O)=O)cc1. The molecule has 2 aromatic rings. The molecule has 0 atom stereocenters. The smallest absolute Gasteiger partial charge is 0.251 e. The molecule has 0 radical (unpaired) electrons. The number of aryl methyl sites for hydroxylation is 2. The standard InChI is InChI=1S/C20H26N2O3S/c1-5-12-21-20(23)18-9-7-17(8-10-18)14-22(26(4,24)25)19-11-6-15(2)16(3)13-19/h6-11,13H,5,12,14H2,1-4H3,(H,21,23). The van der Waals surface area contributed by atoms with Gasteiger partial charge in [0.1, 0.15) is 0 Å². The molecule has 1 amide bonds. The molecule has 2 rings (SSSR count). The van der Waals surface area contributed by atoms with Crippen LogP contribution in [0.25, 0.3) is 0 Å². The number of nitrogens with zero attached hydrogens (tertiary/aromatic N) is 1. The maximum absolute atomic E-state index is 12.3. The van der Waals surface area contributed by atoms with Gasteiger partial charge < -0.3 is 5.32 Å². The molecule has 140 valence electrons. The quantitative estimate of drug-likeness (QED) is 0.808. The van der Waals surface area contributed by atoms with Crippen LogP contribution in [0.3, 0.4) is 0 Å². The van der Waals surface area contributed by atoms with E-state index in [-0.39, 0.29) is 12.5 Å². The van der Waals surface area contributed by atoms with Gasteiger partial charge in [0.2, 0.25) is 10.0 Å². The molecule has 0 saturated heterocycles. The molecule has 0 fully saturated rings. The molecule has 0 aliphatic carbocycles. The average molecular weight is 375 g/mol. The van der Waals surface area contributed by atoms with E-state index in [0.717, 1.165) is 23.1 Å². The van der Waals surface area contributed by atoms with Crippen LogP contribution < -0.4 is 9.62 Å². The van der Waals surface area contributed by atoms with Gasteiger partial charge in [-0.2, -0.15) is 0 Å². The Morgan fingerprint density at radius 3 is 2.23 bits per heavy atom. The van der Waals surface area contributed by atoms with Gasteiger partial charge in [-0.3, -0.25) is 9.10 Å². The van der Waals surface area contributed by atoms with Crippen molar-refractivity contribution in [2.24, 2.45) is 0 Å². The molecule has 0 aliphatic heterocycles. The van der Waals surface area contributed by atoms with Gasteiger partial charge in [-0.15, -0.1) is 0 Å². The number of nitrogens with one attached hydrogen (secondary N) is 1. The van der Waals surface area contributed by atoms with Crippen molar-refractivity contribution >= 4 is 21.6 Å². The van der Waals surface area contributed by atoms with E-state index in [1.165, 1.54) is 10.6 Å². The van der Waals surface area contributed by atoms with Crippen molar-refractivity contribution in [3.8, 4) is 0 Å². The lowest BCUT2D eigenvalue weighted by Gasteiger charge is -2.23. The Hall–Kier alpha value is -2.34. The fraction of sp³-hybridized carbons (Fsp3) is 0.350. The van der Waals surface area contributed by atoms with E-state index in [4.69, 9.17) is 0 Å². The molecule has 0 spiro atoms. The first-order valence-electron chi connectivity index (χ1n) is 8.64. The second-order valence-electron chi connectivity index (χ2n) is 6.49. The number of hydrogen-bond acceptors (Lipinski definition) is 3. The predicted octanol–water partition coefficient (Wildman–Crippen LogP) is 3.41. The minimum absolute atomic E-state index is 0.118. The van der Waals surface area contributed by atoms with Crippen LogP contribution in [0.5, 0.6) is 0 Å². The zero-order valence-electron chi connectivity index (χ0n) is 15.7. The van der Waals surface area contributed by atoms with Crippen molar-refractivity contribution in [3.05, 3.63) is 64.7 Å². The molecule has 0 aliphatic rings. The highest BCUT2D eigenvalue weighted by molar-refractivity contribution is 7.92. The summed E-state index contributed by atoms with van der Waals surface area (Å²) in [6, 6.07) is 12.6. The van der Waals surface area contributed by atoms with Gasteiger partial charge in [0, 0.05) is 12.1 Å². The Morgan fingerprint density at radius 1 is 1.04 bits per heavy atom. The maximum Gasteiger partial charge on any atom is 0.251 e. The third-order valence-corrected chi connectivity index (χ3v) is 5.40. The van der Waals surface area contributed by atoms with Crippen molar-refractivity contribution in [2.75, 3.05) is 17.1 Å². The third-order valence-electron chi connectivity index (χ3n) is 4.26. The number of anilines is 1. The van der Waals surface area contributed by atoms with Gasteiger partial charge in [0.25, 0.3) is 5.91 Å². The summed E-state index contributed by atoms with van der Waals surface area (Å²) in [6.07, 6.45) is 2.08. The van der Waals surface area contributed by atoms with Crippen molar-refractivity contribution in [1.29, 1.82) is 0 Å². The van der Waals surface area contributed by atoms with Gasteiger partial charge in [0.15, 0.2) is 0 Å². The molecule has 6 heteroatoms. The van der Waals surface area contributed by atoms with Crippen LogP contribution in [0.4, 0.5) is 5.69 Å². The average Bonchev–Trinajstić information content (AvgIpc) is 2.59. The van der Waals surface area contributed by atoms with E-state index >= 15 is 0 Å². The molecule has 1 N–H and O–H groups in total. The predicted molar refractivity (Wildman–Crippen MR) is 106 cm³/mol. The van der Waals surface area contributed by atoms with Crippen LogP contribution >= 0.6 is 0 Å². The Labute approximate surface area is 156 Å². The van der Waals surface area contributed by atoms with Gasteiger partial charge in [-0.05, 0) is 61.2 Å². The molecule has 0 saturated carbocycles. The molecular weight excluding hydrogens is 348 g/mol. The molecule has 0 heterocycles. The Bertz CT molecular complexity index is 874. The summed E-state index contributed by atoms with van der Waals surface area (Å²) < 4.78 is 26.0. The van der Waals surface area contributed by atoms with Crippen molar-refractivity contribution in [2.45, 2.75) is 33.7 Å². The largest absolute Gasteiger partial charge is 0.352 e. The van der Waals surface area contributed by atoms with Gasteiger partial charge in [0.05, 0.1) is 18.5 Å². The number of carbonyl (C=O) groups excluding carboxylic acids is 1. The third kappa shape index (κ3) is 5.08. The van der Waals surface area contributed by atoms with Crippen LogP contribution in [-0.4, -0.2) is 27.1 Å². The first-order valence-corrected chi connectivity index (χ1v) is 10.5. The maximum atomic E-state index is 12.3. The molecule has 0 aromatic heterocycles. The van der Waals surface area contributed by atoms with E-state index in [1.807, 2.05) is 39.0 Å². The fourth-order valence-electron chi connectivity index (χ4n) is 2.55. The van der Waals surface area contributed by atoms with E-state index in [9.17, 15) is 13.2 Å². The zero-order valence-corrected chi connectivity index (χ0v) is 16.6. The summed E-state index contributed by atoms with van der Waals surface area (Å²) in [6.45, 7) is 6.80. The molecule has 0 bridgehead atoms. The lowest BCUT2D eigenvalue weighted by molar-refractivity contribution is 0.0953. The van der Waals surface area contributed by atoms with E-state index in [1.54, 1.807) is 24.3 Å². The summed E-state index contributed by atoms with van der Waals surface area (Å²) >= 11 is 0. The summed E-state index contributed by atoms with van der Waals surface area (Å²) in [5, 5.41) is 2.83. The van der Waals surface area contributed by atoms with E-state index in [2.05, 4.69) is 5.32 Å². The van der Waals surface area contributed by atoms with Crippen molar-refractivity contribution < 1.29 is 13.2 Å². The van der Waals surface area contributed by atoms with Crippen LogP contribution in [0.2, 0.25) is 0 Å². The monoisotopic (exact) mass is 374 g/mol.